The molecule has 1 fully saturated rings. The molecule has 2 aliphatic rings. The van der Waals surface area contributed by atoms with Gasteiger partial charge in [0.15, 0.2) is 0 Å². The second-order valence-electron chi connectivity index (χ2n) is 5.95. The number of aryl methyl sites for hydroxylation is 1. The Hall–Kier alpha value is -1.06. The fourth-order valence-electron chi connectivity index (χ4n) is 3.29. The summed E-state index contributed by atoms with van der Waals surface area (Å²) >= 11 is 0. The first-order valence-corrected chi connectivity index (χ1v) is 7.41. The van der Waals surface area contributed by atoms with Crippen LogP contribution in [0.2, 0.25) is 0 Å². The summed E-state index contributed by atoms with van der Waals surface area (Å²) in [6, 6.07) is 7.60. The predicted octanol–water partition coefficient (Wildman–Crippen LogP) is 2.50. The van der Waals surface area contributed by atoms with Gasteiger partial charge in [0, 0.05) is 24.2 Å². The lowest BCUT2D eigenvalue weighted by atomic mass is 9.99. The van der Waals surface area contributed by atoms with Crippen molar-refractivity contribution in [3.63, 3.8) is 0 Å². The van der Waals surface area contributed by atoms with E-state index in [9.17, 15) is 0 Å². The first kappa shape index (κ1) is 12.9. The third-order valence-electron chi connectivity index (χ3n) is 4.33. The zero-order valence-corrected chi connectivity index (χ0v) is 12.0. The van der Waals surface area contributed by atoms with Crippen LogP contribution in [0, 0.1) is 6.92 Å². The van der Waals surface area contributed by atoms with Gasteiger partial charge in [-0.05, 0) is 45.3 Å². The summed E-state index contributed by atoms with van der Waals surface area (Å²) in [5, 5.41) is 3.85. The zero-order chi connectivity index (χ0) is 13.2. The van der Waals surface area contributed by atoms with E-state index in [0.29, 0.717) is 12.1 Å². The molecular weight excluding hydrogens is 236 g/mol. The second-order valence-corrected chi connectivity index (χ2v) is 5.95. The Bertz CT molecular complexity index is 446. The van der Waals surface area contributed by atoms with Crippen molar-refractivity contribution in [3.05, 3.63) is 29.3 Å². The number of nitrogens with zero attached hydrogens (tertiary/aromatic N) is 1. The minimum atomic E-state index is 0.453. The van der Waals surface area contributed by atoms with Crippen LogP contribution in [0.5, 0.6) is 5.75 Å². The van der Waals surface area contributed by atoms with Crippen molar-refractivity contribution in [2.75, 3.05) is 26.7 Å². The highest BCUT2D eigenvalue weighted by molar-refractivity contribution is 5.43. The lowest BCUT2D eigenvalue weighted by Gasteiger charge is -2.23. The summed E-state index contributed by atoms with van der Waals surface area (Å²) in [6.45, 7) is 5.37. The van der Waals surface area contributed by atoms with Crippen molar-refractivity contribution in [1.29, 1.82) is 0 Å². The SMILES string of the molecule is Cc1cccc2c1OCCCC2NC1CCN(C)C1. The molecule has 2 heterocycles. The minimum Gasteiger partial charge on any atom is -0.493 e. The summed E-state index contributed by atoms with van der Waals surface area (Å²) in [7, 11) is 2.20. The number of para-hydroxylation sites is 1. The maximum Gasteiger partial charge on any atom is 0.126 e. The van der Waals surface area contributed by atoms with Gasteiger partial charge in [-0.25, -0.2) is 0 Å². The number of benzene rings is 1. The second kappa shape index (κ2) is 5.51. The molecule has 0 bridgehead atoms. The summed E-state index contributed by atoms with van der Waals surface area (Å²) in [6.07, 6.45) is 3.57. The van der Waals surface area contributed by atoms with E-state index >= 15 is 0 Å². The number of ether oxygens (including phenoxy) is 1. The minimum absolute atomic E-state index is 0.453. The van der Waals surface area contributed by atoms with Gasteiger partial charge in [0.2, 0.25) is 0 Å². The van der Waals surface area contributed by atoms with Crippen molar-refractivity contribution in [1.82, 2.24) is 10.2 Å². The largest absolute Gasteiger partial charge is 0.493 e. The first-order valence-electron chi connectivity index (χ1n) is 7.41. The van der Waals surface area contributed by atoms with Crippen LogP contribution in [0.1, 0.15) is 36.4 Å². The van der Waals surface area contributed by atoms with E-state index in [2.05, 4.69) is 42.4 Å². The molecule has 0 aliphatic carbocycles. The van der Waals surface area contributed by atoms with Gasteiger partial charge in [-0.2, -0.15) is 0 Å². The number of likely N-dealkylation sites (tertiary alicyclic amines) is 1. The Morgan fingerprint density at radius 2 is 2.21 bits per heavy atom. The van der Waals surface area contributed by atoms with Crippen molar-refractivity contribution in [2.45, 2.75) is 38.3 Å². The van der Waals surface area contributed by atoms with Gasteiger partial charge in [0.1, 0.15) is 5.75 Å². The molecule has 1 saturated heterocycles. The van der Waals surface area contributed by atoms with Gasteiger partial charge >= 0.3 is 0 Å². The molecule has 0 radical (unpaired) electrons. The number of fused-ring (bicyclic) bond motifs is 1. The lowest BCUT2D eigenvalue weighted by Crippen LogP contribution is -2.34. The fourth-order valence-corrected chi connectivity index (χ4v) is 3.29. The summed E-state index contributed by atoms with van der Waals surface area (Å²) in [5.74, 6) is 1.11. The van der Waals surface area contributed by atoms with Crippen LogP contribution in [-0.4, -0.2) is 37.7 Å². The molecule has 2 atom stereocenters. The van der Waals surface area contributed by atoms with Gasteiger partial charge < -0.3 is 15.0 Å². The molecule has 3 nitrogen and oxygen atoms in total. The highest BCUT2D eigenvalue weighted by Crippen LogP contribution is 2.34. The molecule has 19 heavy (non-hydrogen) atoms. The molecule has 0 spiro atoms. The first-order chi connectivity index (χ1) is 9.24. The van der Waals surface area contributed by atoms with Crippen LogP contribution in [0.15, 0.2) is 18.2 Å². The maximum absolute atomic E-state index is 5.94. The third-order valence-corrected chi connectivity index (χ3v) is 4.33. The van der Waals surface area contributed by atoms with Crippen LogP contribution in [-0.2, 0) is 0 Å². The van der Waals surface area contributed by atoms with Crippen molar-refractivity contribution in [3.8, 4) is 5.75 Å². The van der Waals surface area contributed by atoms with Crippen molar-refractivity contribution in [2.24, 2.45) is 0 Å². The van der Waals surface area contributed by atoms with Gasteiger partial charge in [0.25, 0.3) is 0 Å². The Morgan fingerprint density at radius 3 is 3.00 bits per heavy atom. The Morgan fingerprint density at radius 1 is 1.32 bits per heavy atom. The van der Waals surface area contributed by atoms with Crippen LogP contribution in [0.25, 0.3) is 0 Å². The van der Waals surface area contributed by atoms with E-state index < -0.39 is 0 Å². The highest BCUT2D eigenvalue weighted by atomic mass is 16.5. The molecule has 3 rings (SSSR count). The summed E-state index contributed by atoms with van der Waals surface area (Å²) in [4.78, 5) is 2.40. The number of rotatable bonds is 2. The molecule has 1 aromatic rings. The average Bonchev–Trinajstić information content (AvgIpc) is 2.68. The van der Waals surface area contributed by atoms with Crippen LogP contribution in [0.3, 0.4) is 0 Å². The van der Waals surface area contributed by atoms with Crippen molar-refractivity contribution >= 4 is 0 Å². The number of likely N-dealkylation sites (N-methyl/N-ethyl adjacent to an activating group) is 1. The van der Waals surface area contributed by atoms with E-state index in [1.165, 1.54) is 37.1 Å². The maximum atomic E-state index is 5.94. The molecule has 1 aromatic carbocycles. The van der Waals surface area contributed by atoms with E-state index in [1.807, 2.05) is 0 Å². The highest BCUT2D eigenvalue weighted by Gasteiger charge is 2.26. The van der Waals surface area contributed by atoms with Crippen LogP contribution >= 0.6 is 0 Å². The van der Waals surface area contributed by atoms with Gasteiger partial charge in [-0.3, -0.25) is 0 Å². The van der Waals surface area contributed by atoms with E-state index in [4.69, 9.17) is 4.74 Å². The number of hydrogen-bond acceptors (Lipinski definition) is 3. The molecule has 2 unspecified atom stereocenters. The molecule has 104 valence electrons. The van der Waals surface area contributed by atoms with E-state index in [1.54, 1.807) is 0 Å². The van der Waals surface area contributed by atoms with Gasteiger partial charge in [-0.15, -0.1) is 0 Å². The van der Waals surface area contributed by atoms with Crippen molar-refractivity contribution < 1.29 is 4.74 Å². The summed E-state index contributed by atoms with van der Waals surface area (Å²) < 4.78 is 5.94. The van der Waals surface area contributed by atoms with Gasteiger partial charge in [0.05, 0.1) is 6.61 Å². The lowest BCUT2D eigenvalue weighted by molar-refractivity contribution is 0.312. The molecule has 1 N–H and O–H groups in total. The van der Waals surface area contributed by atoms with Crippen LogP contribution < -0.4 is 10.1 Å². The Kier molecular flexibility index (Phi) is 3.76. The fraction of sp³-hybridized carbons (Fsp3) is 0.625. The smallest absolute Gasteiger partial charge is 0.126 e. The summed E-state index contributed by atoms with van der Waals surface area (Å²) in [5.41, 5.74) is 2.61. The van der Waals surface area contributed by atoms with Crippen LogP contribution in [0.4, 0.5) is 0 Å². The van der Waals surface area contributed by atoms with E-state index in [0.717, 1.165) is 18.8 Å². The topological polar surface area (TPSA) is 24.5 Å². The number of nitrogens with one attached hydrogen (secondary N) is 1. The van der Waals surface area contributed by atoms with E-state index in [-0.39, 0.29) is 0 Å². The predicted molar refractivity (Wildman–Crippen MR) is 77.7 cm³/mol. The number of hydrogen-bond donors (Lipinski definition) is 1. The molecule has 0 amide bonds. The normalized spacial score (nSPS) is 27.7. The molecule has 0 saturated carbocycles. The Balaban J connectivity index is 1.80. The molecule has 2 aliphatic heterocycles. The quantitative estimate of drug-likeness (QED) is 0.884. The monoisotopic (exact) mass is 260 g/mol. The molecular formula is C16H24N2O. The molecule has 3 heteroatoms. The zero-order valence-electron chi connectivity index (χ0n) is 12.0. The molecule has 0 aromatic heterocycles. The average molecular weight is 260 g/mol. The van der Waals surface area contributed by atoms with Gasteiger partial charge in [-0.1, -0.05) is 18.2 Å². The standard InChI is InChI=1S/C16H24N2O/c1-12-5-3-6-14-15(7-4-10-19-16(12)14)17-13-8-9-18(2)11-13/h3,5-6,13,15,17H,4,7-11H2,1-2H3. The Labute approximate surface area is 115 Å². The third kappa shape index (κ3) is 2.77.